The number of aliphatic hydroxyl groups excluding tert-OH is 3. The van der Waals surface area contributed by atoms with E-state index in [0.29, 0.717) is 30.6 Å². The van der Waals surface area contributed by atoms with E-state index in [4.69, 9.17) is 15.2 Å². The van der Waals surface area contributed by atoms with Gasteiger partial charge in [0.15, 0.2) is 17.5 Å². The molecule has 0 amide bonds. The van der Waals surface area contributed by atoms with Gasteiger partial charge in [-0.3, -0.25) is 9.79 Å². The monoisotopic (exact) mass is 683 g/mol. The molecule has 1 aromatic carbocycles. The van der Waals surface area contributed by atoms with Gasteiger partial charge in [0.25, 0.3) is 0 Å². The normalized spacial score (nSPS) is 35.7. The Kier molecular flexibility index (Phi) is 12.0. The van der Waals surface area contributed by atoms with Crippen LogP contribution in [0.1, 0.15) is 82.8 Å². The van der Waals surface area contributed by atoms with Gasteiger partial charge >= 0.3 is 5.97 Å². The number of nitrogens with two attached hydrogens (primary N) is 1. The maximum atomic E-state index is 12.6. The molecule has 49 heavy (non-hydrogen) atoms. The quantitative estimate of drug-likeness (QED) is 0.0943. The molecule has 2 aliphatic carbocycles. The largest absolute Gasteiger partial charge is 0.504 e. The Labute approximate surface area is 290 Å². The van der Waals surface area contributed by atoms with Crippen LogP contribution in [0.4, 0.5) is 0 Å². The summed E-state index contributed by atoms with van der Waals surface area (Å²) in [6, 6.07) is 3.61. The number of esters is 1. The number of hydrogen-bond acceptors (Lipinski definition) is 10. The van der Waals surface area contributed by atoms with Crippen LogP contribution in [0.3, 0.4) is 0 Å². The lowest BCUT2D eigenvalue weighted by Crippen LogP contribution is -2.66. The second kappa shape index (κ2) is 15.9. The highest BCUT2D eigenvalue weighted by Gasteiger charge is 2.48. The predicted octanol–water partition coefficient (Wildman–Crippen LogP) is 1.70. The first-order valence-electron chi connectivity index (χ1n) is 18.0. The van der Waals surface area contributed by atoms with Crippen molar-refractivity contribution < 1.29 is 34.7 Å². The van der Waals surface area contributed by atoms with Gasteiger partial charge in [-0.15, -0.1) is 0 Å². The Morgan fingerprint density at radius 3 is 2.73 bits per heavy atom. The molecule has 5 rings (SSSR count). The molecule has 1 saturated heterocycles. The second-order valence-electron chi connectivity index (χ2n) is 14.9. The summed E-state index contributed by atoms with van der Waals surface area (Å²) in [6.45, 7) is 3.83. The molecule has 2 aliphatic heterocycles. The van der Waals surface area contributed by atoms with Crippen LogP contribution in [-0.4, -0.2) is 95.5 Å². The van der Waals surface area contributed by atoms with Crippen LogP contribution in [0, 0.1) is 35.0 Å². The highest BCUT2D eigenvalue weighted by molar-refractivity contribution is 5.77. The van der Waals surface area contributed by atoms with Crippen molar-refractivity contribution in [2.75, 3.05) is 27.2 Å². The van der Waals surface area contributed by atoms with Crippen LogP contribution in [0.2, 0.25) is 0 Å². The number of piperidine rings is 1. The summed E-state index contributed by atoms with van der Waals surface area (Å²) in [5.41, 5.74) is 6.18. The van der Waals surface area contributed by atoms with Gasteiger partial charge in [0.1, 0.15) is 12.2 Å². The summed E-state index contributed by atoms with van der Waals surface area (Å²) in [4.78, 5) is 16.7. The summed E-state index contributed by atoms with van der Waals surface area (Å²) < 4.78 is 12.6. The number of likely N-dealkylation sites (N-methyl/N-ethyl adjacent to an activating group) is 1. The number of phenols is 1. The molecule has 12 heteroatoms. The Morgan fingerprint density at radius 2 is 2.04 bits per heavy atom. The lowest BCUT2D eigenvalue weighted by molar-refractivity contribution is -0.152. The van der Waals surface area contributed by atoms with E-state index in [0.717, 1.165) is 50.6 Å². The van der Waals surface area contributed by atoms with E-state index in [1.54, 1.807) is 20.0 Å². The molecule has 1 saturated carbocycles. The molecule has 0 aromatic heterocycles. The molecule has 12 nitrogen and oxygen atoms in total. The van der Waals surface area contributed by atoms with Gasteiger partial charge in [-0.2, -0.15) is 0 Å². The molecule has 1 spiro atoms. The van der Waals surface area contributed by atoms with Gasteiger partial charge in [0.2, 0.25) is 0 Å². The van der Waals surface area contributed by atoms with E-state index >= 15 is 0 Å². The number of guanidine groups is 1. The number of benzene rings is 1. The molecule has 272 valence electrons. The third kappa shape index (κ3) is 8.46. The molecule has 1 aromatic rings. The van der Waals surface area contributed by atoms with Crippen LogP contribution in [-0.2, 0) is 22.6 Å². The minimum Gasteiger partial charge on any atom is -0.504 e. The van der Waals surface area contributed by atoms with Gasteiger partial charge in [-0.05, 0) is 101 Å². The fraction of sp³-hybridized carbons (Fsp3) is 0.730. The maximum absolute atomic E-state index is 12.6. The van der Waals surface area contributed by atoms with Crippen LogP contribution < -0.4 is 26.4 Å². The smallest absolute Gasteiger partial charge is 0.302 e. The first-order valence-corrected chi connectivity index (χ1v) is 18.0. The Bertz CT molecular complexity index is 1410. The Morgan fingerprint density at radius 1 is 1.24 bits per heavy atom. The Hall–Kier alpha value is -3.08. The summed E-state index contributed by atoms with van der Waals surface area (Å²) in [6.07, 6.45) is 3.93. The molecule has 2 fully saturated rings. The summed E-state index contributed by atoms with van der Waals surface area (Å²) in [7, 11) is 3.60. The standard InChI is InChI=1S/C37H57N5O7/c1-22(44)36(21-41-35(38)40-4)10-7-25-13-24-5-6-34(39-3)37(18-24)19-29(9-12-42-37)49-33-16-26(27(20-43)15-31(33)47)14-30(25)32(48-23(2)45)17-28(46)8-11-36/h15-16,22,24-25,28-30,32,34,39,42-44,46-47H,5-6,8-9,11-14,17-21H2,1-4H3,(H3,38,40,41)/t22-,24-,25+,28-,29-,30+,32-,34+,36-,37+/m0/s1. The lowest BCUT2D eigenvalue weighted by atomic mass is 9.64. The first-order chi connectivity index (χ1) is 23.4. The van der Waals surface area contributed by atoms with E-state index in [1.165, 1.54) is 6.92 Å². The first kappa shape index (κ1) is 37.2. The van der Waals surface area contributed by atoms with Crippen molar-refractivity contribution in [3.63, 3.8) is 0 Å². The highest BCUT2D eigenvalue weighted by Crippen LogP contribution is 2.45. The lowest BCUT2D eigenvalue weighted by Gasteiger charge is -2.52. The number of aliphatic imine (C=N–C) groups is 1. The predicted molar refractivity (Wildman–Crippen MR) is 187 cm³/mol. The average molecular weight is 684 g/mol. The molecule has 2 heterocycles. The van der Waals surface area contributed by atoms with Crippen molar-refractivity contribution in [3.8, 4) is 23.3 Å². The number of nitrogens with one attached hydrogen (secondary N) is 3. The SMILES string of the molecule is CN=C(N)NC[C@]1([C@H](C)O)C#C[C@@H]2C[C@@H]3CC[C@@H](NC)[C@@]4(C3)C[C@H](CCN4)Oc3cc(c(CO)cc3O)C[C@H]2[C@@H](OC(C)=O)C[C@@H](O)CC1. The fourth-order valence-corrected chi connectivity index (χ4v) is 8.95. The van der Waals surface area contributed by atoms with E-state index in [2.05, 4.69) is 32.8 Å². The number of aliphatic hydroxyl groups is 3. The van der Waals surface area contributed by atoms with Crippen molar-refractivity contribution in [2.24, 2.45) is 33.9 Å². The van der Waals surface area contributed by atoms with Crippen LogP contribution >= 0.6 is 0 Å². The van der Waals surface area contributed by atoms with Gasteiger partial charge < -0.3 is 51.6 Å². The van der Waals surface area contributed by atoms with Gasteiger partial charge in [0.05, 0.1) is 24.2 Å². The van der Waals surface area contributed by atoms with Crippen molar-refractivity contribution in [3.05, 3.63) is 23.3 Å². The zero-order chi connectivity index (χ0) is 35.3. The van der Waals surface area contributed by atoms with Crippen molar-refractivity contribution in [1.82, 2.24) is 16.0 Å². The Balaban J connectivity index is 1.70. The molecule has 5 bridgehead atoms. The number of carbonyl (C=O) groups excluding carboxylic acids is 1. The molecule has 0 radical (unpaired) electrons. The summed E-state index contributed by atoms with van der Waals surface area (Å²) in [5.74, 6) is 6.89. The van der Waals surface area contributed by atoms with Crippen LogP contribution in [0.15, 0.2) is 17.1 Å². The molecule has 0 unspecified atom stereocenters. The summed E-state index contributed by atoms with van der Waals surface area (Å²) in [5, 5.41) is 54.8. The molecular formula is C37H57N5O7. The number of fused-ring (bicyclic) bond motifs is 5. The van der Waals surface area contributed by atoms with Crippen LogP contribution in [0.5, 0.6) is 11.5 Å². The zero-order valence-corrected chi connectivity index (χ0v) is 29.5. The number of nitrogens with zero attached hydrogens (tertiary/aromatic N) is 1. The minimum atomic E-state index is -0.935. The van der Waals surface area contributed by atoms with Crippen molar-refractivity contribution >= 4 is 11.9 Å². The third-order valence-corrected chi connectivity index (χ3v) is 11.7. The van der Waals surface area contributed by atoms with Crippen molar-refractivity contribution in [1.29, 1.82) is 0 Å². The number of ether oxygens (including phenoxy) is 2. The topological polar surface area (TPSA) is 191 Å². The minimum absolute atomic E-state index is 0.0275. The van der Waals surface area contributed by atoms with E-state index in [-0.39, 0.29) is 66.7 Å². The third-order valence-electron chi connectivity index (χ3n) is 11.7. The molecule has 4 aliphatic rings. The number of carbonyl (C=O) groups is 1. The van der Waals surface area contributed by atoms with Gasteiger partial charge in [0, 0.05) is 56.8 Å². The molecular weight excluding hydrogens is 626 g/mol. The number of hydrogen-bond donors (Lipinski definition) is 8. The molecule has 10 atom stereocenters. The van der Waals surface area contributed by atoms with E-state index < -0.39 is 29.7 Å². The van der Waals surface area contributed by atoms with E-state index in [1.807, 2.05) is 13.1 Å². The van der Waals surface area contributed by atoms with E-state index in [9.17, 15) is 25.2 Å². The number of rotatable bonds is 6. The summed E-state index contributed by atoms with van der Waals surface area (Å²) >= 11 is 0. The van der Waals surface area contributed by atoms with Crippen molar-refractivity contribution in [2.45, 2.75) is 121 Å². The van der Waals surface area contributed by atoms with Crippen LogP contribution in [0.25, 0.3) is 0 Å². The number of phenolic OH excluding ortho intramolecular Hbond substituents is 1. The highest BCUT2D eigenvalue weighted by atomic mass is 16.5. The molecule has 9 N–H and O–H groups in total. The van der Waals surface area contributed by atoms with Gasteiger partial charge in [-0.25, -0.2) is 0 Å². The number of aromatic hydroxyl groups is 1. The zero-order valence-electron chi connectivity index (χ0n) is 29.5. The average Bonchev–Trinajstić information content (AvgIpc) is 3.06. The fourth-order valence-electron chi connectivity index (χ4n) is 8.95. The van der Waals surface area contributed by atoms with Gasteiger partial charge in [-0.1, -0.05) is 11.8 Å². The maximum Gasteiger partial charge on any atom is 0.302 e. The second-order valence-corrected chi connectivity index (χ2v) is 14.9.